The van der Waals surface area contributed by atoms with E-state index >= 15 is 0 Å². The maximum atomic E-state index is 10.2. The zero-order chi connectivity index (χ0) is 49.7. The largest absolute Gasteiger partial charge is 0.309 e. The summed E-state index contributed by atoms with van der Waals surface area (Å²) < 4.78 is 4.73. The summed E-state index contributed by atoms with van der Waals surface area (Å²) in [4.78, 5) is 10.9. The molecular weight excluding hydrogens is 891 g/mol. The zero-order valence-electron chi connectivity index (χ0n) is 39.3. The van der Waals surface area contributed by atoms with E-state index in [-0.39, 0.29) is 0 Å². The third-order valence-corrected chi connectivity index (χ3v) is 14.0. The van der Waals surface area contributed by atoms with Crippen molar-refractivity contribution in [3.8, 4) is 79.1 Å². The summed E-state index contributed by atoms with van der Waals surface area (Å²) in [5.41, 5.74) is 19.9. The van der Waals surface area contributed by atoms with Gasteiger partial charge in [-0.05, 0) is 141 Å². The standard InChI is InChI=1S/C66H37N7/c1-41-61(72-62-29-18-48(44-10-8-42(39-67)9-11-44)35-57(62)58-36-49(19-30-63(58)72)45-12-22-53(69-2)23-13-45)33-28-56(52-7-5-6-43(34-52)40-68)66(41)73-64-31-20-50(46-14-24-54(70-3)25-15-46)37-59(64)60-38-51(21-32-65(60)73)47-16-26-55(71-4)27-17-47/h5-38H,1H3. The Balaban J connectivity index is 1.15. The van der Waals surface area contributed by atoms with Gasteiger partial charge in [0.2, 0.25) is 0 Å². The summed E-state index contributed by atoms with van der Waals surface area (Å²) in [5, 5.41) is 24.0. The second-order valence-corrected chi connectivity index (χ2v) is 18.1. The van der Waals surface area contributed by atoms with Crippen molar-refractivity contribution in [3.63, 3.8) is 0 Å². The number of fused-ring (bicyclic) bond motifs is 6. The predicted octanol–water partition coefficient (Wildman–Crippen LogP) is 17.9. The molecule has 12 aromatic rings. The van der Waals surface area contributed by atoms with Gasteiger partial charge >= 0.3 is 0 Å². The maximum Gasteiger partial charge on any atom is 0.187 e. The number of nitriles is 2. The first kappa shape index (κ1) is 43.5. The Bertz CT molecular complexity index is 4230. The molecule has 0 saturated carbocycles. The van der Waals surface area contributed by atoms with Gasteiger partial charge in [-0.15, -0.1) is 0 Å². The topological polar surface area (TPSA) is 70.5 Å². The Hall–Kier alpha value is -10.8. The van der Waals surface area contributed by atoms with E-state index in [2.05, 4.69) is 134 Å². The second-order valence-electron chi connectivity index (χ2n) is 18.1. The first-order valence-electron chi connectivity index (χ1n) is 23.6. The van der Waals surface area contributed by atoms with E-state index in [4.69, 9.17) is 19.7 Å². The van der Waals surface area contributed by atoms with Gasteiger partial charge in [0.15, 0.2) is 17.1 Å². The number of benzene rings is 10. The molecule has 336 valence electrons. The maximum absolute atomic E-state index is 10.2. The van der Waals surface area contributed by atoms with Gasteiger partial charge in [-0.1, -0.05) is 127 Å². The molecule has 10 aromatic carbocycles. The lowest BCUT2D eigenvalue weighted by molar-refractivity contribution is 1.10. The van der Waals surface area contributed by atoms with Crippen molar-refractivity contribution in [2.24, 2.45) is 0 Å². The number of rotatable bonds is 7. The van der Waals surface area contributed by atoms with Gasteiger partial charge in [0.1, 0.15) is 0 Å². The van der Waals surface area contributed by atoms with Gasteiger partial charge in [-0.25, -0.2) is 14.5 Å². The average Bonchev–Trinajstić information content (AvgIpc) is 3.96. The minimum atomic E-state index is 0.565. The van der Waals surface area contributed by atoms with Gasteiger partial charge in [0.05, 0.1) is 76.4 Å². The Morgan fingerprint density at radius 1 is 0.356 bits per heavy atom. The molecule has 0 radical (unpaired) electrons. The highest BCUT2D eigenvalue weighted by atomic mass is 15.0. The molecule has 0 aliphatic rings. The van der Waals surface area contributed by atoms with Crippen LogP contribution < -0.4 is 0 Å². The van der Waals surface area contributed by atoms with E-state index in [0.29, 0.717) is 28.2 Å². The van der Waals surface area contributed by atoms with Crippen LogP contribution in [-0.2, 0) is 0 Å². The summed E-state index contributed by atoms with van der Waals surface area (Å²) in [6.45, 7) is 24.8. The van der Waals surface area contributed by atoms with Crippen molar-refractivity contribution in [2.45, 2.75) is 6.92 Å². The van der Waals surface area contributed by atoms with Gasteiger partial charge < -0.3 is 9.13 Å². The first-order chi connectivity index (χ1) is 35.8. The first-order valence-corrected chi connectivity index (χ1v) is 23.6. The molecule has 2 heterocycles. The summed E-state index contributed by atoms with van der Waals surface area (Å²) in [7, 11) is 0. The molecular formula is C66H37N7. The van der Waals surface area contributed by atoms with Crippen LogP contribution >= 0.6 is 0 Å². The molecule has 0 aliphatic carbocycles. The normalized spacial score (nSPS) is 11.0. The Labute approximate surface area is 421 Å². The van der Waals surface area contributed by atoms with Crippen LogP contribution in [0.3, 0.4) is 0 Å². The highest BCUT2D eigenvalue weighted by molar-refractivity contribution is 6.14. The van der Waals surface area contributed by atoms with E-state index < -0.39 is 0 Å². The highest BCUT2D eigenvalue weighted by Gasteiger charge is 2.24. The molecule has 7 heteroatoms. The Kier molecular flexibility index (Phi) is 10.5. The summed E-state index contributed by atoms with van der Waals surface area (Å²) in [6.07, 6.45) is 0. The Morgan fingerprint density at radius 3 is 1.11 bits per heavy atom. The summed E-state index contributed by atoms with van der Waals surface area (Å²) >= 11 is 0. The monoisotopic (exact) mass is 927 g/mol. The molecule has 0 N–H and O–H groups in total. The summed E-state index contributed by atoms with van der Waals surface area (Å²) in [6, 6.07) is 73.9. The van der Waals surface area contributed by atoms with Crippen LogP contribution in [-0.4, -0.2) is 9.13 Å². The molecule has 0 unspecified atom stereocenters. The molecule has 0 spiro atoms. The molecule has 2 aromatic heterocycles. The molecule has 0 fully saturated rings. The van der Waals surface area contributed by atoms with Crippen molar-refractivity contribution in [2.75, 3.05) is 0 Å². The van der Waals surface area contributed by atoms with Gasteiger partial charge in [0, 0.05) is 27.1 Å². The van der Waals surface area contributed by atoms with Crippen molar-refractivity contribution < 1.29 is 0 Å². The lowest BCUT2D eigenvalue weighted by atomic mass is 9.97. The van der Waals surface area contributed by atoms with Crippen LogP contribution in [0, 0.1) is 49.3 Å². The predicted molar refractivity (Wildman–Crippen MR) is 295 cm³/mol. The molecule has 7 nitrogen and oxygen atoms in total. The number of nitrogens with zero attached hydrogens (tertiary/aromatic N) is 7. The lowest BCUT2D eigenvalue weighted by Gasteiger charge is -2.21. The van der Waals surface area contributed by atoms with Crippen molar-refractivity contribution in [3.05, 3.63) is 257 Å². The fraction of sp³-hybridized carbons (Fsp3) is 0.0152. The van der Waals surface area contributed by atoms with Crippen LogP contribution in [0.2, 0.25) is 0 Å². The van der Waals surface area contributed by atoms with Gasteiger partial charge in [0.25, 0.3) is 0 Å². The molecule has 73 heavy (non-hydrogen) atoms. The minimum Gasteiger partial charge on any atom is -0.309 e. The summed E-state index contributed by atoms with van der Waals surface area (Å²) in [5.74, 6) is 0. The van der Waals surface area contributed by atoms with Crippen LogP contribution in [0.25, 0.3) is 125 Å². The third-order valence-electron chi connectivity index (χ3n) is 14.0. The van der Waals surface area contributed by atoms with Gasteiger partial charge in [-0.3, -0.25) is 0 Å². The van der Waals surface area contributed by atoms with E-state index in [1.807, 2.05) is 115 Å². The van der Waals surface area contributed by atoms with E-state index in [9.17, 15) is 10.5 Å². The zero-order valence-corrected chi connectivity index (χ0v) is 39.3. The average molecular weight is 928 g/mol. The van der Waals surface area contributed by atoms with E-state index in [1.165, 1.54) is 0 Å². The Morgan fingerprint density at radius 2 is 0.726 bits per heavy atom. The van der Waals surface area contributed by atoms with Crippen LogP contribution in [0.1, 0.15) is 16.7 Å². The molecule has 0 bridgehead atoms. The number of hydrogen-bond acceptors (Lipinski definition) is 2. The van der Waals surface area contributed by atoms with E-state index in [1.54, 1.807) is 0 Å². The smallest absolute Gasteiger partial charge is 0.187 e. The molecule has 12 rings (SSSR count). The second kappa shape index (κ2) is 17.6. The minimum absolute atomic E-state index is 0.565. The third kappa shape index (κ3) is 7.42. The molecule has 0 saturated heterocycles. The van der Waals surface area contributed by atoms with Crippen LogP contribution in [0.15, 0.2) is 206 Å². The van der Waals surface area contributed by atoms with Crippen LogP contribution in [0.4, 0.5) is 17.1 Å². The fourth-order valence-electron chi connectivity index (χ4n) is 10.4. The SMILES string of the molecule is [C-]#[N+]c1ccc(-c2ccc3c(c2)c2cc(-c4ccc(C#N)cc4)ccc2n3-c2ccc(-c3cccc(C#N)c3)c(-n3c4ccc(-c5ccc([N+]#[C-])cc5)cc4c4cc(-c5ccc([N+]#[C-])cc5)ccc43)c2C)cc1. The number of aromatic nitrogens is 2. The molecule has 0 atom stereocenters. The quantitative estimate of drug-likeness (QED) is 0.149. The number of hydrogen-bond donors (Lipinski definition) is 0. The van der Waals surface area contributed by atoms with Crippen molar-refractivity contribution in [1.82, 2.24) is 9.13 Å². The molecule has 0 aliphatic heterocycles. The van der Waals surface area contributed by atoms with Crippen LogP contribution in [0.5, 0.6) is 0 Å². The van der Waals surface area contributed by atoms with Gasteiger partial charge in [-0.2, -0.15) is 10.5 Å². The molecule has 0 amide bonds. The fourth-order valence-corrected chi connectivity index (χ4v) is 10.4. The highest BCUT2D eigenvalue weighted by Crippen LogP contribution is 2.45. The van der Waals surface area contributed by atoms with Crippen molar-refractivity contribution in [1.29, 1.82) is 10.5 Å². The lowest BCUT2D eigenvalue weighted by Crippen LogP contribution is -2.06. The van der Waals surface area contributed by atoms with Crippen molar-refractivity contribution >= 4 is 60.7 Å². The van der Waals surface area contributed by atoms with E-state index in [0.717, 1.165) is 116 Å².